The van der Waals surface area contributed by atoms with Gasteiger partial charge in [-0.1, -0.05) is 13.8 Å². The normalized spacial score (nSPS) is 10.8. The van der Waals surface area contributed by atoms with Crippen LogP contribution in [-0.4, -0.2) is 18.5 Å². The first-order chi connectivity index (χ1) is 14.3. The van der Waals surface area contributed by atoms with Crippen LogP contribution >= 0.6 is 0 Å². The van der Waals surface area contributed by atoms with Gasteiger partial charge in [-0.05, 0) is 50.2 Å². The lowest BCUT2D eigenvalue weighted by Crippen LogP contribution is -2.15. The maximum atomic E-state index is 12.9. The zero-order chi connectivity index (χ0) is 21.8. The average molecular weight is 410 g/mol. The van der Waals surface area contributed by atoms with Gasteiger partial charge in [-0.25, -0.2) is 4.79 Å². The van der Waals surface area contributed by atoms with Gasteiger partial charge in [0.05, 0.1) is 23.5 Å². The number of hydrogen-bond acceptors (Lipinski definition) is 7. The maximum absolute atomic E-state index is 12.9. The van der Waals surface area contributed by atoms with E-state index in [1.54, 1.807) is 52.0 Å². The minimum atomic E-state index is -0.431. The molecule has 0 N–H and O–H groups in total. The summed E-state index contributed by atoms with van der Waals surface area (Å²) in [5, 5.41) is 0.295. The molecule has 0 amide bonds. The molecule has 0 aliphatic carbocycles. The van der Waals surface area contributed by atoms with Gasteiger partial charge >= 0.3 is 11.9 Å². The predicted molar refractivity (Wildman–Crippen MR) is 110 cm³/mol. The summed E-state index contributed by atoms with van der Waals surface area (Å²) in [5.74, 6) is -0.0978. The summed E-state index contributed by atoms with van der Waals surface area (Å²) in [6.07, 6.45) is 0. The Morgan fingerprint density at radius 3 is 2.33 bits per heavy atom. The van der Waals surface area contributed by atoms with Crippen molar-refractivity contribution in [1.82, 2.24) is 0 Å². The van der Waals surface area contributed by atoms with Gasteiger partial charge in [0.15, 0.2) is 0 Å². The molecule has 7 heteroatoms. The molecule has 2 aromatic carbocycles. The number of fused-ring (bicyclic) bond motifs is 1. The molecule has 0 saturated heterocycles. The third kappa shape index (κ3) is 4.51. The molecule has 0 bridgehead atoms. The molecule has 30 heavy (non-hydrogen) atoms. The number of esters is 2. The van der Waals surface area contributed by atoms with E-state index in [0.29, 0.717) is 22.4 Å². The van der Waals surface area contributed by atoms with Crippen molar-refractivity contribution in [3.8, 4) is 17.2 Å². The molecular formula is C23H22O7. The Hall–Kier alpha value is -3.61. The van der Waals surface area contributed by atoms with Crippen molar-refractivity contribution < 1.29 is 28.2 Å². The van der Waals surface area contributed by atoms with Crippen LogP contribution in [0.25, 0.3) is 11.0 Å². The first-order valence-electron chi connectivity index (χ1n) is 9.54. The molecule has 7 nitrogen and oxygen atoms in total. The highest BCUT2D eigenvalue weighted by Crippen LogP contribution is 2.28. The highest BCUT2D eigenvalue weighted by atomic mass is 16.5. The van der Waals surface area contributed by atoms with Crippen LogP contribution in [0.2, 0.25) is 0 Å². The number of carbonyl (C=O) groups is 2. The van der Waals surface area contributed by atoms with Crippen molar-refractivity contribution in [3.63, 3.8) is 0 Å². The standard InChI is InChI=1S/C23H22O7/c1-5-27-23(26)15-6-8-16(9-7-15)29-21-14(4)28-19-12-17(30-22(25)13(2)3)10-11-18(19)20(21)24/h6-13H,5H2,1-4H3. The SMILES string of the molecule is CCOC(=O)c1ccc(Oc2c(C)oc3cc(OC(=O)C(C)C)ccc3c2=O)cc1. The summed E-state index contributed by atoms with van der Waals surface area (Å²) in [4.78, 5) is 36.4. The van der Waals surface area contributed by atoms with E-state index < -0.39 is 5.97 Å². The van der Waals surface area contributed by atoms with E-state index in [1.165, 1.54) is 18.2 Å². The number of carbonyl (C=O) groups excluding carboxylic acids is 2. The van der Waals surface area contributed by atoms with Crippen LogP contribution in [0.1, 0.15) is 36.9 Å². The maximum Gasteiger partial charge on any atom is 0.338 e. The monoisotopic (exact) mass is 410 g/mol. The van der Waals surface area contributed by atoms with Gasteiger partial charge in [-0.15, -0.1) is 0 Å². The Balaban J connectivity index is 1.89. The Labute approximate surface area is 173 Å². The Morgan fingerprint density at radius 1 is 1.03 bits per heavy atom. The second-order valence-corrected chi connectivity index (χ2v) is 6.90. The lowest BCUT2D eigenvalue weighted by atomic mass is 10.2. The van der Waals surface area contributed by atoms with E-state index in [1.807, 2.05) is 0 Å². The summed E-state index contributed by atoms with van der Waals surface area (Å²) in [7, 11) is 0. The van der Waals surface area contributed by atoms with Crippen LogP contribution < -0.4 is 14.9 Å². The Kier molecular flexibility index (Phi) is 6.20. The number of rotatable bonds is 6. The lowest BCUT2D eigenvalue weighted by Gasteiger charge is -2.11. The van der Waals surface area contributed by atoms with Crippen molar-refractivity contribution in [2.75, 3.05) is 6.61 Å². The highest BCUT2D eigenvalue weighted by Gasteiger charge is 2.16. The lowest BCUT2D eigenvalue weighted by molar-refractivity contribution is -0.137. The van der Waals surface area contributed by atoms with Gasteiger partial charge in [0.2, 0.25) is 11.2 Å². The molecule has 0 aliphatic rings. The third-order valence-electron chi connectivity index (χ3n) is 4.26. The van der Waals surface area contributed by atoms with Gasteiger partial charge < -0.3 is 18.6 Å². The van der Waals surface area contributed by atoms with Crippen LogP contribution in [0.15, 0.2) is 51.7 Å². The summed E-state index contributed by atoms with van der Waals surface area (Å²) in [6.45, 7) is 7.09. The molecule has 156 valence electrons. The molecule has 1 heterocycles. The molecule has 0 aliphatic heterocycles. The van der Waals surface area contributed by atoms with E-state index in [9.17, 15) is 14.4 Å². The Bertz CT molecular complexity index is 1140. The van der Waals surface area contributed by atoms with E-state index >= 15 is 0 Å². The second-order valence-electron chi connectivity index (χ2n) is 6.90. The van der Waals surface area contributed by atoms with Gasteiger partial charge in [0.1, 0.15) is 22.8 Å². The van der Waals surface area contributed by atoms with Crippen molar-refractivity contribution in [2.45, 2.75) is 27.7 Å². The number of ether oxygens (including phenoxy) is 3. The molecule has 0 fully saturated rings. The largest absolute Gasteiger partial charge is 0.462 e. The fourth-order valence-electron chi connectivity index (χ4n) is 2.68. The quantitative estimate of drug-likeness (QED) is 0.432. The first-order valence-corrected chi connectivity index (χ1v) is 9.54. The molecule has 0 spiro atoms. The van der Waals surface area contributed by atoms with E-state index in [4.69, 9.17) is 18.6 Å². The molecule has 0 radical (unpaired) electrons. The summed E-state index contributed by atoms with van der Waals surface area (Å²) in [5.41, 5.74) is 0.316. The molecule has 1 aromatic heterocycles. The molecule has 0 saturated carbocycles. The fraction of sp³-hybridized carbons (Fsp3) is 0.261. The molecule has 0 atom stereocenters. The Morgan fingerprint density at radius 2 is 1.70 bits per heavy atom. The van der Waals surface area contributed by atoms with Gasteiger partial charge in [-0.3, -0.25) is 9.59 Å². The van der Waals surface area contributed by atoms with Crippen LogP contribution in [0, 0.1) is 12.8 Å². The van der Waals surface area contributed by atoms with Crippen molar-refractivity contribution in [1.29, 1.82) is 0 Å². The number of aryl methyl sites for hydroxylation is 1. The van der Waals surface area contributed by atoms with Gasteiger partial charge in [0, 0.05) is 6.07 Å². The van der Waals surface area contributed by atoms with Crippen LogP contribution in [-0.2, 0) is 9.53 Å². The molecule has 3 aromatic rings. The van der Waals surface area contributed by atoms with Crippen LogP contribution in [0.3, 0.4) is 0 Å². The van der Waals surface area contributed by atoms with E-state index in [0.717, 1.165) is 0 Å². The van der Waals surface area contributed by atoms with Crippen LogP contribution in [0.5, 0.6) is 17.2 Å². The van der Waals surface area contributed by atoms with Crippen molar-refractivity contribution in [3.05, 3.63) is 64.0 Å². The van der Waals surface area contributed by atoms with Crippen LogP contribution in [0.4, 0.5) is 0 Å². The smallest absolute Gasteiger partial charge is 0.338 e. The molecule has 3 rings (SSSR count). The minimum absolute atomic E-state index is 0.0401. The molecule has 0 unspecified atom stereocenters. The number of hydrogen-bond donors (Lipinski definition) is 0. The van der Waals surface area contributed by atoms with E-state index in [-0.39, 0.29) is 41.0 Å². The molecular weight excluding hydrogens is 388 g/mol. The fourth-order valence-corrected chi connectivity index (χ4v) is 2.68. The average Bonchev–Trinajstić information content (AvgIpc) is 2.71. The van der Waals surface area contributed by atoms with Gasteiger partial charge in [0.25, 0.3) is 0 Å². The highest BCUT2D eigenvalue weighted by molar-refractivity contribution is 5.89. The minimum Gasteiger partial charge on any atom is -0.462 e. The van der Waals surface area contributed by atoms with Crippen molar-refractivity contribution >= 4 is 22.9 Å². The zero-order valence-corrected chi connectivity index (χ0v) is 17.2. The van der Waals surface area contributed by atoms with E-state index in [2.05, 4.69) is 0 Å². The van der Waals surface area contributed by atoms with Crippen molar-refractivity contribution in [2.24, 2.45) is 5.92 Å². The second kappa shape index (κ2) is 8.82. The first kappa shape index (κ1) is 21.1. The van der Waals surface area contributed by atoms with Gasteiger partial charge in [-0.2, -0.15) is 0 Å². The summed E-state index contributed by atoms with van der Waals surface area (Å²) in [6, 6.07) is 10.8. The predicted octanol–water partition coefficient (Wildman–Crippen LogP) is 4.63. The third-order valence-corrected chi connectivity index (χ3v) is 4.26. The zero-order valence-electron chi connectivity index (χ0n) is 17.2. The topological polar surface area (TPSA) is 92.0 Å². The number of benzene rings is 2. The summed E-state index contributed by atoms with van der Waals surface area (Å²) >= 11 is 0. The summed E-state index contributed by atoms with van der Waals surface area (Å²) < 4.78 is 21.7.